The standard InChI is InChI=1S/C19H18BrNO6/c1-2-25-19(24)12-21(14-6-4-3-5-7-14)17(22)13-26-18(23)11-9-15-8-10-16(20)27-15/h3-11H,2,12-13H2,1H3/b11-9+. The number of anilines is 1. The molecule has 1 aromatic heterocycles. The summed E-state index contributed by atoms with van der Waals surface area (Å²) < 4.78 is 15.6. The number of para-hydroxylation sites is 1. The number of halogens is 1. The lowest BCUT2D eigenvalue weighted by Gasteiger charge is -2.21. The van der Waals surface area contributed by atoms with Crippen molar-refractivity contribution < 1.29 is 28.3 Å². The van der Waals surface area contributed by atoms with E-state index in [4.69, 9.17) is 13.9 Å². The summed E-state index contributed by atoms with van der Waals surface area (Å²) in [4.78, 5) is 37.2. The Bertz CT molecular complexity index is 815. The summed E-state index contributed by atoms with van der Waals surface area (Å²) in [5.41, 5.74) is 0.502. The summed E-state index contributed by atoms with van der Waals surface area (Å²) in [5, 5.41) is 0. The highest BCUT2D eigenvalue weighted by Crippen LogP contribution is 2.15. The molecule has 0 saturated carbocycles. The van der Waals surface area contributed by atoms with Crippen molar-refractivity contribution in [2.24, 2.45) is 0 Å². The molecule has 7 nitrogen and oxygen atoms in total. The van der Waals surface area contributed by atoms with Gasteiger partial charge in [0.1, 0.15) is 12.3 Å². The van der Waals surface area contributed by atoms with Gasteiger partial charge >= 0.3 is 11.9 Å². The predicted molar refractivity (Wildman–Crippen MR) is 102 cm³/mol. The number of hydrogen-bond acceptors (Lipinski definition) is 6. The maximum absolute atomic E-state index is 12.5. The van der Waals surface area contributed by atoms with Gasteiger partial charge in [-0.1, -0.05) is 18.2 Å². The molecule has 0 radical (unpaired) electrons. The van der Waals surface area contributed by atoms with Gasteiger partial charge in [-0.15, -0.1) is 0 Å². The number of nitrogens with zero attached hydrogens (tertiary/aromatic N) is 1. The van der Waals surface area contributed by atoms with Gasteiger partial charge in [-0.05, 0) is 53.2 Å². The summed E-state index contributed by atoms with van der Waals surface area (Å²) in [7, 11) is 0. The zero-order chi connectivity index (χ0) is 19.6. The van der Waals surface area contributed by atoms with E-state index in [9.17, 15) is 14.4 Å². The van der Waals surface area contributed by atoms with Gasteiger partial charge in [0.05, 0.1) is 6.61 Å². The van der Waals surface area contributed by atoms with Crippen LogP contribution in [0.3, 0.4) is 0 Å². The molecule has 0 spiro atoms. The fraction of sp³-hybridized carbons (Fsp3) is 0.211. The quantitative estimate of drug-likeness (QED) is 0.467. The number of benzene rings is 1. The molecule has 0 atom stereocenters. The Balaban J connectivity index is 1.97. The second-order valence-electron chi connectivity index (χ2n) is 5.20. The molecule has 0 fully saturated rings. The molecule has 0 N–H and O–H groups in total. The summed E-state index contributed by atoms with van der Waals surface area (Å²) >= 11 is 3.15. The van der Waals surface area contributed by atoms with Crippen molar-refractivity contribution in [3.05, 3.63) is 59.0 Å². The molecule has 142 valence electrons. The molecule has 0 saturated heterocycles. The highest BCUT2D eigenvalue weighted by molar-refractivity contribution is 9.10. The predicted octanol–water partition coefficient (Wildman–Crippen LogP) is 3.19. The van der Waals surface area contributed by atoms with E-state index >= 15 is 0 Å². The molecular weight excluding hydrogens is 418 g/mol. The molecule has 2 aromatic rings. The average Bonchev–Trinajstić information content (AvgIpc) is 3.08. The lowest BCUT2D eigenvalue weighted by atomic mass is 10.3. The van der Waals surface area contributed by atoms with Crippen LogP contribution in [0.5, 0.6) is 0 Å². The molecule has 2 rings (SSSR count). The third kappa shape index (κ3) is 6.74. The number of furan rings is 1. The van der Waals surface area contributed by atoms with Gasteiger partial charge in [-0.2, -0.15) is 0 Å². The summed E-state index contributed by atoms with van der Waals surface area (Å²) in [6, 6.07) is 11.9. The van der Waals surface area contributed by atoms with Crippen molar-refractivity contribution >= 4 is 45.5 Å². The number of amides is 1. The molecule has 0 bridgehead atoms. The van der Waals surface area contributed by atoms with Gasteiger partial charge in [0.15, 0.2) is 11.3 Å². The van der Waals surface area contributed by atoms with Gasteiger partial charge in [-0.3, -0.25) is 14.5 Å². The molecule has 1 aromatic carbocycles. The third-order valence-electron chi connectivity index (χ3n) is 3.28. The van der Waals surface area contributed by atoms with Crippen LogP contribution in [-0.2, 0) is 23.9 Å². The number of hydrogen-bond donors (Lipinski definition) is 0. The first kappa shape index (κ1) is 20.4. The van der Waals surface area contributed by atoms with E-state index < -0.39 is 24.5 Å². The molecule has 0 aliphatic carbocycles. The minimum atomic E-state index is -0.708. The number of carbonyl (C=O) groups is 3. The molecule has 0 aliphatic rings. The van der Waals surface area contributed by atoms with E-state index in [1.54, 1.807) is 49.4 Å². The van der Waals surface area contributed by atoms with Crippen LogP contribution in [0.4, 0.5) is 5.69 Å². The third-order valence-corrected chi connectivity index (χ3v) is 3.70. The first-order valence-corrected chi connectivity index (χ1v) is 8.90. The molecule has 0 unspecified atom stereocenters. The molecule has 1 amide bonds. The highest BCUT2D eigenvalue weighted by Gasteiger charge is 2.20. The van der Waals surface area contributed by atoms with Crippen LogP contribution in [0.1, 0.15) is 12.7 Å². The Kier molecular flexibility index (Phi) is 7.81. The largest absolute Gasteiger partial charge is 0.465 e. The fourth-order valence-electron chi connectivity index (χ4n) is 2.09. The fourth-order valence-corrected chi connectivity index (χ4v) is 2.41. The topological polar surface area (TPSA) is 86.0 Å². The zero-order valence-corrected chi connectivity index (χ0v) is 16.2. The summed E-state index contributed by atoms with van der Waals surface area (Å²) in [6.45, 7) is 1.10. The SMILES string of the molecule is CCOC(=O)CN(C(=O)COC(=O)/C=C/c1ccc(Br)o1)c1ccccc1. The van der Waals surface area contributed by atoms with Crippen LogP contribution >= 0.6 is 15.9 Å². The Morgan fingerprint density at radius 3 is 2.48 bits per heavy atom. The normalized spacial score (nSPS) is 10.6. The minimum absolute atomic E-state index is 0.207. The first-order chi connectivity index (χ1) is 13.0. The molecule has 27 heavy (non-hydrogen) atoms. The van der Waals surface area contributed by atoms with E-state index in [1.807, 2.05) is 0 Å². The van der Waals surface area contributed by atoms with Crippen molar-refractivity contribution in [1.29, 1.82) is 0 Å². The van der Waals surface area contributed by atoms with Gasteiger partial charge in [-0.25, -0.2) is 4.79 Å². The smallest absolute Gasteiger partial charge is 0.331 e. The molecule has 8 heteroatoms. The van der Waals surface area contributed by atoms with Crippen LogP contribution < -0.4 is 4.90 Å². The molecular formula is C19H18BrNO6. The van der Waals surface area contributed by atoms with E-state index in [0.717, 1.165) is 6.08 Å². The van der Waals surface area contributed by atoms with Crippen molar-refractivity contribution in [1.82, 2.24) is 0 Å². The number of rotatable bonds is 8. The van der Waals surface area contributed by atoms with Crippen molar-refractivity contribution in [2.45, 2.75) is 6.92 Å². The van der Waals surface area contributed by atoms with E-state index in [2.05, 4.69) is 15.9 Å². The number of carbonyl (C=O) groups excluding carboxylic acids is 3. The second kappa shape index (κ2) is 10.3. The van der Waals surface area contributed by atoms with Crippen molar-refractivity contribution in [3.63, 3.8) is 0 Å². The lowest BCUT2D eigenvalue weighted by molar-refractivity contribution is -0.144. The molecule has 0 aliphatic heterocycles. The summed E-state index contributed by atoms with van der Waals surface area (Å²) in [5.74, 6) is -1.35. The van der Waals surface area contributed by atoms with E-state index in [-0.39, 0.29) is 13.2 Å². The minimum Gasteiger partial charge on any atom is -0.465 e. The maximum Gasteiger partial charge on any atom is 0.331 e. The Morgan fingerprint density at radius 1 is 1.11 bits per heavy atom. The van der Waals surface area contributed by atoms with Crippen LogP contribution in [0.2, 0.25) is 0 Å². The Labute approximate surface area is 164 Å². The van der Waals surface area contributed by atoms with Gasteiger partial charge in [0, 0.05) is 11.8 Å². The van der Waals surface area contributed by atoms with Crippen molar-refractivity contribution in [3.8, 4) is 0 Å². The zero-order valence-electron chi connectivity index (χ0n) is 14.6. The van der Waals surface area contributed by atoms with E-state index in [0.29, 0.717) is 16.1 Å². The second-order valence-corrected chi connectivity index (χ2v) is 5.98. The van der Waals surface area contributed by atoms with Gasteiger partial charge in [0.25, 0.3) is 5.91 Å². The molecule has 1 heterocycles. The number of esters is 2. The number of ether oxygens (including phenoxy) is 2. The highest BCUT2D eigenvalue weighted by atomic mass is 79.9. The monoisotopic (exact) mass is 435 g/mol. The van der Waals surface area contributed by atoms with Crippen LogP contribution in [0.25, 0.3) is 6.08 Å². The van der Waals surface area contributed by atoms with Gasteiger partial charge in [0.2, 0.25) is 0 Å². The van der Waals surface area contributed by atoms with Crippen LogP contribution in [-0.4, -0.2) is 37.6 Å². The van der Waals surface area contributed by atoms with Crippen LogP contribution in [0.15, 0.2) is 57.6 Å². The Morgan fingerprint density at radius 2 is 1.85 bits per heavy atom. The van der Waals surface area contributed by atoms with Crippen LogP contribution in [0, 0.1) is 0 Å². The van der Waals surface area contributed by atoms with E-state index in [1.165, 1.54) is 11.0 Å². The van der Waals surface area contributed by atoms with Crippen molar-refractivity contribution in [2.75, 3.05) is 24.7 Å². The summed E-state index contributed by atoms with van der Waals surface area (Å²) in [6.07, 6.45) is 2.57. The lowest BCUT2D eigenvalue weighted by Crippen LogP contribution is -2.39. The van der Waals surface area contributed by atoms with Gasteiger partial charge < -0.3 is 13.9 Å². The maximum atomic E-state index is 12.5. The first-order valence-electron chi connectivity index (χ1n) is 8.10. The Hall–Kier alpha value is -2.87. The average molecular weight is 436 g/mol.